The van der Waals surface area contributed by atoms with Crippen molar-refractivity contribution in [1.29, 1.82) is 0 Å². The van der Waals surface area contributed by atoms with Crippen molar-refractivity contribution in [1.82, 2.24) is 0 Å². The SMILES string of the molecule is CC(C)(C)c1ccc(-c2oc3cc(O)c(O)cc3c2C2=C(c3cc(-c4ccc(C(C)(C)C)s4)sc3-c3ccc(C(C)(C)C)s3)C(F)(F)C(F)(F)C2(F)F)cc1. The summed E-state index contributed by atoms with van der Waals surface area (Å²) in [4.78, 5) is 3.61. The summed E-state index contributed by atoms with van der Waals surface area (Å²) in [6, 6.07) is 16.9. The van der Waals surface area contributed by atoms with Crippen LogP contribution < -0.4 is 0 Å². The van der Waals surface area contributed by atoms with Gasteiger partial charge in [-0.05, 0) is 58.2 Å². The molecule has 0 aliphatic heterocycles. The van der Waals surface area contributed by atoms with Crippen LogP contribution in [0.25, 0.3) is 52.9 Å². The zero-order chi connectivity index (χ0) is 40.4. The van der Waals surface area contributed by atoms with Gasteiger partial charge < -0.3 is 14.6 Å². The largest absolute Gasteiger partial charge is 0.504 e. The van der Waals surface area contributed by atoms with E-state index in [1.807, 2.05) is 80.5 Å². The summed E-state index contributed by atoms with van der Waals surface area (Å²) >= 11 is 3.78. The van der Waals surface area contributed by atoms with E-state index in [1.54, 1.807) is 30.3 Å². The van der Waals surface area contributed by atoms with Gasteiger partial charge in [0.1, 0.15) is 11.3 Å². The number of phenols is 2. The van der Waals surface area contributed by atoms with E-state index in [-0.39, 0.29) is 37.7 Å². The third kappa shape index (κ3) is 6.23. The first kappa shape index (κ1) is 39.2. The van der Waals surface area contributed by atoms with Gasteiger partial charge >= 0.3 is 17.8 Å². The molecule has 0 saturated carbocycles. The lowest BCUT2D eigenvalue weighted by Gasteiger charge is -2.26. The number of aromatic hydroxyl groups is 2. The van der Waals surface area contributed by atoms with Crippen LogP contribution in [-0.4, -0.2) is 28.0 Å². The fraction of sp³-hybridized carbons (Fsp3) is 0.349. The van der Waals surface area contributed by atoms with E-state index in [2.05, 4.69) is 0 Å². The predicted molar refractivity (Wildman–Crippen MR) is 214 cm³/mol. The molecule has 1 aliphatic carbocycles. The molecule has 290 valence electrons. The van der Waals surface area contributed by atoms with Crippen molar-refractivity contribution >= 4 is 56.1 Å². The van der Waals surface area contributed by atoms with Gasteiger partial charge in [-0.15, -0.1) is 34.0 Å². The maximum Gasteiger partial charge on any atom is 0.380 e. The molecular weight excluding hydrogens is 775 g/mol. The Kier molecular flexibility index (Phi) is 8.92. The van der Waals surface area contributed by atoms with Crippen molar-refractivity contribution in [2.75, 3.05) is 0 Å². The van der Waals surface area contributed by atoms with Crippen LogP contribution in [0.2, 0.25) is 0 Å². The Hall–Kier alpha value is -4.00. The van der Waals surface area contributed by atoms with Crippen molar-refractivity contribution < 1.29 is 41.0 Å². The number of hydrogen-bond donors (Lipinski definition) is 2. The average molecular weight is 815 g/mol. The molecule has 0 unspecified atom stereocenters. The van der Waals surface area contributed by atoms with Crippen LogP contribution in [0, 0.1) is 0 Å². The second-order valence-corrected chi connectivity index (χ2v) is 20.3. The minimum absolute atomic E-state index is 0.145. The highest BCUT2D eigenvalue weighted by molar-refractivity contribution is 7.26. The van der Waals surface area contributed by atoms with Gasteiger partial charge in [-0.3, -0.25) is 0 Å². The number of fused-ring (bicyclic) bond motifs is 1. The number of thiophene rings is 3. The quantitative estimate of drug-likeness (QED) is 0.135. The lowest BCUT2D eigenvalue weighted by atomic mass is 9.86. The van der Waals surface area contributed by atoms with E-state index in [1.165, 1.54) is 28.7 Å². The van der Waals surface area contributed by atoms with Gasteiger partial charge in [0.05, 0.1) is 4.88 Å². The molecule has 0 saturated heterocycles. The monoisotopic (exact) mass is 814 g/mol. The fourth-order valence-electron chi connectivity index (χ4n) is 6.72. The lowest BCUT2D eigenvalue weighted by Crippen LogP contribution is -2.48. The van der Waals surface area contributed by atoms with E-state index in [0.717, 1.165) is 38.8 Å². The number of furan rings is 1. The van der Waals surface area contributed by atoms with Gasteiger partial charge in [0.25, 0.3) is 0 Å². The van der Waals surface area contributed by atoms with Crippen LogP contribution in [0.4, 0.5) is 26.3 Å². The smallest absolute Gasteiger partial charge is 0.380 e. The average Bonchev–Trinajstić information content (AvgIpc) is 3.88. The Balaban J connectivity index is 1.61. The first-order chi connectivity index (χ1) is 25.2. The molecule has 0 amide bonds. The standard InChI is InChI=1S/C43H40F6O3S3/c1-38(2,3)22-12-10-21(11-13-22)36-33(23-18-25(50)26(51)20-27(23)52-36)35-34(41(44,45)43(48,49)42(35,46)47)24-19-30(28-14-16-31(53-28)39(4,5)6)55-37(24)29-15-17-32(54-29)40(7,8)9/h10-20,50-51H,1-9H3. The Morgan fingerprint density at radius 2 is 1.09 bits per heavy atom. The van der Waals surface area contributed by atoms with Crippen molar-refractivity contribution in [2.24, 2.45) is 0 Å². The highest BCUT2D eigenvalue weighted by Gasteiger charge is 2.81. The molecule has 0 spiro atoms. The predicted octanol–water partition coefficient (Wildman–Crippen LogP) is 14.8. The molecule has 0 radical (unpaired) electrons. The van der Waals surface area contributed by atoms with E-state index in [0.29, 0.717) is 14.6 Å². The molecule has 6 aromatic rings. The maximum absolute atomic E-state index is 16.7. The molecule has 7 rings (SSSR count). The van der Waals surface area contributed by atoms with Crippen molar-refractivity contribution in [2.45, 2.75) is 96.3 Å². The van der Waals surface area contributed by atoms with E-state index in [4.69, 9.17) is 4.42 Å². The Morgan fingerprint density at radius 3 is 1.64 bits per heavy atom. The van der Waals surface area contributed by atoms with Crippen molar-refractivity contribution in [3.8, 4) is 42.3 Å². The molecule has 2 aromatic carbocycles. The molecular formula is C43H40F6O3S3. The second kappa shape index (κ2) is 12.5. The Morgan fingerprint density at radius 1 is 0.564 bits per heavy atom. The molecule has 1 aliphatic rings. The number of hydrogen-bond acceptors (Lipinski definition) is 6. The zero-order valence-electron chi connectivity index (χ0n) is 31.6. The summed E-state index contributed by atoms with van der Waals surface area (Å²) in [6.07, 6.45) is 0. The van der Waals surface area contributed by atoms with Crippen LogP contribution >= 0.6 is 34.0 Å². The third-order valence-corrected chi connectivity index (χ3v) is 14.4. The van der Waals surface area contributed by atoms with Gasteiger partial charge in [0, 0.05) is 63.7 Å². The normalized spacial score (nSPS) is 17.1. The van der Waals surface area contributed by atoms with Crippen molar-refractivity contribution in [3.05, 3.63) is 93.2 Å². The molecule has 55 heavy (non-hydrogen) atoms. The van der Waals surface area contributed by atoms with E-state index >= 15 is 26.3 Å². The maximum atomic E-state index is 16.7. The van der Waals surface area contributed by atoms with E-state index < -0.39 is 57.3 Å². The minimum Gasteiger partial charge on any atom is -0.504 e. The Labute approximate surface area is 327 Å². The van der Waals surface area contributed by atoms with Crippen LogP contribution in [-0.2, 0) is 16.2 Å². The minimum atomic E-state index is -5.87. The number of benzene rings is 2. The highest BCUT2D eigenvalue weighted by atomic mass is 32.1. The molecule has 2 N–H and O–H groups in total. The Bertz CT molecular complexity index is 2490. The number of allylic oxidation sites excluding steroid dienone is 2. The molecule has 3 nitrogen and oxygen atoms in total. The highest BCUT2D eigenvalue weighted by Crippen LogP contribution is 2.68. The molecule has 0 fully saturated rings. The van der Waals surface area contributed by atoms with Crippen LogP contribution in [0.3, 0.4) is 0 Å². The van der Waals surface area contributed by atoms with Gasteiger partial charge in [-0.1, -0.05) is 86.6 Å². The van der Waals surface area contributed by atoms with Crippen LogP contribution in [0.15, 0.2) is 71.1 Å². The van der Waals surface area contributed by atoms with Gasteiger partial charge in [0.2, 0.25) is 0 Å². The number of rotatable bonds is 5. The summed E-state index contributed by atoms with van der Waals surface area (Å²) in [7, 11) is 0. The lowest BCUT2D eigenvalue weighted by molar-refractivity contribution is -0.254. The van der Waals surface area contributed by atoms with Crippen LogP contribution in [0.1, 0.15) is 88.8 Å². The second-order valence-electron chi connectivity index (χ2n) is 17.1. The third-order valence-electron chi connectivity index (χ3n) is 9.87. The number of phenolic OH excluding ortho intramolecular Hbond substituents is 2. The molecule has 0 bridgehead atoms. The number of alkyl halides is 6. The van der Waals surface area contributed by atoms with Gasteiger partial charge in [-0.2, -0.15) is 26.3 Å². The molecule has 12 heteroatoms. The summed E-state index contributed by atoms with van der Waals surface area (Å²) in [5, 5.41) is 20.6. The molecule has 0 atom stereocenters. The summed E-state index contributed by atoms with van der Waals surface area (Å²) in [6.45, 7) is 17.9. The first-order valence-electron chi connectivity index (χ1n) is 17.6. The first-order valence-corrected chi connectivity index (χ1v) is 20.0. The number of halogens is 6. The van der Waals surface area contributed by atoms with Gasteiger partial charge in [-0.25, -0.2) is 0 Å². The topological polar surface area (TPSA) is 53.6 Å². The summed E-state index contributed by atoms with van der Waals surface area (Å²) in [5.41, 5.74) is -4.48. The summed E-state index contributed by atoms with van der Waals surface area (Å²) in [5.74, 6) is -18.5. The van der Waals surface area contributed by atoms with Crippen molar-refractivity contribution in [3.63, 3.8) is 0 Å². The summed E-state index contributed by atoms with van der Waals surface area (Å²) < 4.78 is 105. The van der Waals surface area contributed by atoms with E-state index in [9.17, 15) is 10.2 Å². The fourth-order valence-corrected chi connectivity index (χ4v) is 10.2. The molecule has 4 heterocycles. The molecule has 4 aromatic heterocycles. The zero-order valence-corrected chi connectivity index (χ0v) is 34.1. The van der Waals surface area contributed by atoms with Crippen LogP contribution in [0.5, 0.6) is 11.5 Å². The van der Waals surface area contributed by atoms with Gasteiger partial charge in [0.15, 0.2) is 11.5 Å².